The Morgan fingerprint density at radius 2 is 1.92 bits per heavy atom. The Kier molecular flexibility index (Phi) is 5.58. The van der Waals surface area contributed by atoms with Crippen LogP contribution in [0, 0.1) is 5.92 Å². The Labute approximate surface area is 147 Å². The monoisotopic (exact) mass is 345 g/mol. The van der Waals surface area contributed by atoms with Gasteiger partial charge in [-0.2, -0.15) is 0 Å². The van der Waals surface area contributed by atoms with E-state index in [0.29, 0.717) is 35.3 Å². The largest absolute Gasteiger partial charge is 0.493 e. The van der Waals surface area contributed by atoms with E-state index in [4.69, 9.17) is 18.7 Å². The van der Waals surface area contributed by atoms with Gasteiger partial charge in [0, 0.05) is 18.1 Å². The van der Waals surface area contributed by atoms with Crippen LogP contribution < -0.4 is 9.47 Å². The Hall–Kier alpha value is -2.50. The van der Waals surface area contributed by atoms with E-state index >= 15 is 0 Å². The fraction of sp³-hybridized carbons (Fsp3) is 0.474. The number of esters is 1. The molecule has 1 saturated carbocycles. The maximum Gasteiger partial charge on any atom is 0.306 e. The van der Waals surface area contributed by atoms with Crippen molar-refractivity contribution in [1.29, 1.82) is 0 Å². The highest BCUT2D eigenvalue weighted by Crippen LogP contribution is 2.32. The van der Waals surface area contributed by atoms with Crippen LogP contribution in [0.4, 0.5) is 0 Å². The minimum absolute atomic E-state index is 0.127. The third-order valence-corrected chi connectivity index (χ3v) is 4.54. The molecule has 25 heavy (non-hydrogen) atoms. The smallest absolute Gasteiger partial charge is 0.306 e. The predicted molar refractivity (Wildman–Crippen MR) is 91.4 cm³/mol. The SMILES string of the molecule is COc1ccc(-c2cc(COC(=O)CC3CCCC3)no2)cc1OC. The summed E-state index contributed by atoms with van der Waals surface area (Å²) in [5.41, 5.74) is 1.40. The van der Waals surface area contributed by atoms with Gasteiger partial charge in [-0.05, 0) is 37.0 Å². The molecule has 0 aliphatic heterocycles. The molecule has 1 fully saturated rings. The predicted octanol–water partition coefficient (Wildman–Crippen LogP) is 3.98. The highest BCUT2D eigenvalue weighted by molar-refractivity contribution is 5.69. The van der Waals surface area contributed by atoms with Gasteiger partial charge in [0.05, 0.1) is 14.2 Å². The molecule has 1 aliphatic carbocycles. The summed E-state index contributed by atoms with van der Waals surface area (Å²) in [5.74, 6) is 2.16. The van der Waals surface area contributed by atoms with Crippen LogP contribution in [-0.4, -0.2) is 25.3 Å². The lowest BCUT2D eigenvalue weighted by molar-refractivity contribution is -0.146. The van der Waals surface area contributed by atoms with Crippen LogP contribution in [0.1, 0.15) is 37.8 Å². The first-order valence-corrected chi connectivity index (χ1v) is 8.53. The Morgan fingerprint density at radius 3 is 2.64 bits per heavy atom. The number of ether oxygens (including phenoxy) is 3. The summed E-state index contributed by atoms with van der Waals surface area (Å²) in [6.07, 6.45) is 5.19. The van der Waals surface area contributed by atoms with Crippen molar-refractivity contribution in [2.45, 2.75) is 38.7 Å². The van der Waals surface area contributed by atoms with Crippen LogP contribution >= 0.6 is 0 Å². The molecule has 0 radical (unpaired) electrons. The maximum absolute atomic E-state index is 11.9. The summed E-state index contributed by atoms with van der Waals surface area (Å²) in [6, 6.07) is 7.25. The molecule has 6 heteroatoms. The van der Waals surface area contributed by atoms with Crippen molar-refractivity contribution in [3.63, 3.8) is 0 Å². The van der Waals surface area contributed by atoms with E-state index in [1.165, 1.54) is 12.8 Å². The number of aromatic nitrogens is 1. The summed E-state index contributed by atoms with van der Waals surface area (Å²) >= 11 is 0. The number of nitrogens with zero attached hydrogens (tertiary/aromatic N) is 1. The van der Waals surface area contributed by atoms with Crippen molar-refractivity contribution in [3.05, 3.63) is 30.0 Å². The highest BCUT2D eigenvalue weighted by atomic mass is 16.5. The summed E-state index contributed by atoms with van der Waals surface area (Å²) in [5, 5.41) is 3.97. The second kappa shape index (κ2) is 8.05. The zero-order chi connectivity index (χ0) is 17.6. The first-order valence-electron chi connectivity index (χ1n) is 8.53. The molecule has 6 nitrogen and oxygen atoms in total. The van der Waals surface area contributed by atoms with E-state index in [2.05, 4.69) is 5.16 Å². The van der Waals surface area contributed by atoms with E-state index in [9.17, 15) is 4.79 Å². The van der Waals surface area contributed by atoms with Gasteiger partial charge in [0.25, 0.3) is 0 Å². The molecule has 1 heterocycles. The molecule has 0 atom stereocenters. The summed E-state index contributed by atoms with van der Waals surface area (Å²) < 4.78 is 21.2. The number of rotatable bonds is 7. The van der Waals surface area contributed by atoms with E-state index in [1.807, 2.05) is 12.1 Å². The normalized spacial score (nSPS) is 14.5. The van der Waals surface area contributed by atoms with Crippen LogP contribution in [0.5, 0.6) is 11.5 Å². The summed E-state index contributed by atoms with van der Waals surface area (Å²) in [6.45, 7) is 0.127. The Bertz CT molecular complexity index is 718. The molecule has 0 N–H and O–H groups in total. The molecule has 3 rings (SSSR count). The molecular weight excluding hydrogens is 322 g/mol. The van der Waals surface area contributed by atoms with E-state index in [-0.39, 0.29) is 12.6 Å². The average molecular weight is 345 g/mol. The molecule has 2 aromatic rings. The summed E-state index contributed by atoms with van der Waals surface area (Å²) in [4.78, 5) is 11.9. The molecule has 1 aliphatic rings. The first kappa shape index (κ1) is 17.3. The van der Waals surface area contributed by atoms with Crippen molar-refractivity contribution < 1.29 is 23.5 Å². The van der Waals surface area contributed by atoms with E-state index < -0.39 is 0 Å². The van der Waals surface area contributed by atoms with Crippen LogP contribution in [-0.2, 0) is 16.1 Å². The number of benzene rings is 1. The van der Waals surface area contributed by atoms with Gasteiger partial charge in [-0.3, -0.25) is 4.79 Å². The fourth-order valence-electron chi connectivity index (χ4n) is 3.17. The number of hydrogen-bond acceptors (Lipinski definition) is 6. The van der Waals surface area contributed by atoms with Crippen molar-refractivity contribution in [3.8, 4) is 22.8 Å². The molecule has 1 aromatic heterocycles. The van der Waals surface area contributed by atoms with Gasteiger partial charge in [-0.1, -0.05) is 18.0 Å². The minimum atomic E-state index is -0.164. The molecule has 0 spiro atoms. The van der Waals surface area contributed by atoms with Gasteiger partial charge in [0.1, 0.15) is 12.3 Å². The standard InChI is InChI=1S/C19H23NO5/c1-22-16-8-7-14(10-18(16)23-2)17-11-15(20-25-17)12-24-19(21)9-13-5-3-4-6-13/h7-8,10-11,13H,3-6,9,12H2,1-2H3. The quantitative estimate of drug-likeness (QED) is 0.707. The van der Waals surface area contributed by atoms with Crippen molar-refractivity contribution >= 4 is 5.97 Å². The number of methoxy groups -OCH3 is 2. The van der Waals surface area contributed by atoms with Gasteiger partial charge in [-0.25, -0.2) is 0 Å². The van der Waals surface area contributed by atoms with Gasteiger partial charge >= 0.3 is 5.97 Å². The lowest BCUT2D eigenvalue weighted by Crippen LogP contribution is -2.09. The average Bonchev–Trinajstić information content (AvgIpc) is 3.31. The topological polar surface area (TPSA) is 70.8 Å². The zero-order valence-corrected chi connectivity index (χ0v) is 14.6. The number of hydrogen-bond donors (Lipinski definition) is 0. The third kappa shape index (κ3) is 4.32. The molecular formula is C19H23NO5. The third-order valence-electron chi connectivity index (χ3n) is 4.54. The van der Waals surface area contributed by atoms with Crippen LogP contribution in [0.25, 0.3) is 11.3 Å². The number of carbonyl (C=O) groups is 1. The van der Waals surface area contributed by atoms with Gasteiger partial charge < -0.3 is 18.7 Å². The minimum Gasteiger partial charge on any atom is -0.493 e. The van der Waals surface area contributed by atoms with Gasteiger partial charge in [0.2, 0.25) is 0 Å². The van der Waals surface area contributed by atoms with Crippen LogP contribution in [0.15, 0.2) is 28.8 Å². The lowest BCUT2D eigenvalue weighted by Gasteiger charge is -2.08. The zero-order valence-electron chi connectivity index (χ0n) is 14.6. The molecule has 0 amide bonds. The second-order valence-corrected chi connectivity index (χ2v) is 6.27. The molecule has 1 aromatic carbocycles. The maximum atomic E-state index is 11.9. The van der Waals surface area contributed by atoms with Crippen LogP contribution in [0.2, 0.25) is 0 Å². The van der Waals surface area contributed by atoms with Crippen molar-refractivity contribution in [2.24, 2.45) is 5.92 Å². The van der Waals surface area contributed by atoms with E-state index in [0.717, 1.165) is 18.4 Å². The lowest BCUT2D eigenvalue weighted by atomic mass is 10.0. The molecule has 0 unspecified atom stereocenters. The first-order chi connectivity index (χ1) is 12.2. The van der Waals surface area contributed by atoms with E-state index in [1.54, 1.807) is 26.4 Å². The molecule has 134 valence electrons. The Balaban J connectivity index is 1.59. The van der Waals surface area contributed by atoms with Crippen molar-refractivity contribution in [2.75, 3.05) is 14.2 Å². The highest BCUT2D eigenvalue weighted by Gasteiger charge is 2.19. The van der Waals surface area contributed by atoms with Crippen molar-refractivity contribution in [1.82, 2.24) is 5.16 Å². The Morgan fingerprint density at radius 1 is 1.16 bits per heavy atom. The second-order valence-electron chi connectivity index (χ2n) is 6.27. The van der Waals surface area contributed by atoms with Gasteiger partial charge in [-0.15, -0.1) is 0 Å². The fourth-order valence-corrected chi connectivity index (χ4v) is 3.17. The van der Waals surface area contributed by atoms with Crippen LogP contribution in [0.3, 0.4) is 0 Å². The number of carbonyl (C=O) groups excluding carboxylic acids is 1. The summed E-state index contributed by atoms with van der Waals surface area (Å²) in [7, 11) is 3.17. The van der Waals surface area contributed by atoms with Gasteiger partial charge in [0.15, 0.2) is 17.3 Å². The molecule has 0 saturated heterocycles. The molecule has 0 bridgehead atoms.